The first-order chi connectivity index (χ1) is 14.5. The fraction of sp³-hybridized carbons (Fsp3) is 0.652. The van der Waals surface area contributed by atoms with Crippen LogP contribution in [-0.4, -0.2) is 61.2 Å². The zero-order chi connectivity index (χ0) is 21.5. The van der Waals surface area contributed by atoms with Gasteiger partial charge in [0, 0.05) is 44.0 Å². The first kappa shape index (κ1) is 25.9. The fourth-order valence-electron chi connectivity index (χ4n) is 4.03. The summed E-state index contributed by atoms with van der Waals surface area (Å²) in [6, 6.07) is 8.83. The lowest BCUT2D eigenvalue weighted by Crippen LogP contribution is -2.46. The van der Waals surface area contributed by atoms with E-state index >= 15 is 0 Å². The number of hydrogen-bond acceptors (Lipinski definition) is 4. The Morgan fingerprint density at radius 3 is 2.77 bits per heavy atom. The molecule has 2 heterocycles. The molecule has 0 aliphatic carbocycles. The number of nitrogens with one attached hydrogen (secondary N) is 3. The lowest BCUT2D eigenvalue weighted by atomic mass is 10.1. The third kappa shape index (κ3) is 7.61. The Balaban J connectivity index is 0.00000341. The Labute approximate surface area is 203 Å². The van der Waals surface area contributed by atoms with Crippen molar-refractivity contribution in [3.05, 3.63) is 29.8 Å². The summed E-state index contributed by atoms with van der Waals surface area (Å²) in [4.78, 5) is 19.6. The van der Waals surface area contributed by atoms with E-state index in [1.54, 1.807) is 0 Å². The van der Waals surface area contributed by atoms with E-state index in [9.17, 15) is 4.79 Å². The molecule has 2 saturated heterocycles. The highest BCUT2D eigenvalue weighted by molar-refractivity contribution is 14.0. The molecule has 2 aliphatic rings. The van der Waals surface area contributed by atoms with Crippen LogP contribution in [0.2, 0.25) is 0 Å². The number of carbonyl (C=O) groups excluding carboxylic acids is 1. The zero-order valence-electron chi connectivity index (χ0n) is 19.2. The van der Waals surface area contributed by atoms with Crippen LogP contribution in [0, 0.1) is 5.92 Å². The zero-order valence-corrected chi connectivity index (χ0v) is 21.5. The number of hydrogen-bond donors (Lipinski definition) is 3. The van der Waals surface area contributed by atoms with Gasteiger partial charge in [0.15, 0.2) is 5.96 Å². The molecule has 2 aliphatic heterocycles. The van der Waals surface area contributed by atoms with Crippen molar-refractivity contribution in [3.63, 3.8) is 0 Å². The van der Waals surface area contributed by atoms with Crippen LogP contribution in [0.3, 0.4) is 0 Å². The van der Waals surface area contributed by atoms with E-state index < -0.39 is 0 Å². The maximum atomic E-state index is 12.3. The van der Waals surface area contributed by atoms with E-state index in [4.69, 9.17) is 9.73 Å². The van der Waals surface area contributed by atoms with Gasteiger partial charge in [0.1, 0.15) is 6.10 Å². The van der Waals surface area contributed by atoms with Crippen molar-refractivity contribution in [3.8, 4) is 0 Å². The van der Waals surface area contributed by atoms with Gasteiger partial charge in [-0.15, -0.1) is 24.0 Å². The fourth-order valence-corrected chi connectivity index (χ4v) is 4.03. The van der Waals surface area contributed by atoms with Gasteiger partial charge in [-0.3, -0.25) is 9.69 Å². The van der Waals surface area contributed by atoms with Crippen LogP contribution < -0.4 is 16.0 Å². The molecule has 0 saturated carbocycles. The molecule has 0 spiro atoms. The first-order valence-electron chi connectivity index (χ1n) is 11.3. The van der Waals surface area contributed by atoms with E-state index in [2.05, 4.69) is 48.5 Å². The van der Waals surface area contributed by atoms with Crippen LogP contribution >= 0.6 is 24.0 Å². The minimum atomic E-state index is -0.324. The molecule has 8 heteroatoms. The van der Waals surface area contributed by atoms with Crippen molar-refractivity contribution in [1.82, 2.24) is 15.5 Å². The summed E-state index contributed by atoms with van der Waals surface area (Å²) in [6.45, 7) is 13.1. The first-order valence-corrected chi connectivity index (χ1v) is 11.3. The van der Waals surface area contributed by atoms with Gasteiger partial charge in [0.05, 0.1) is 6.54 Å². The molecule has 3 unspecified atom stereocenters. The molecule has 174 valence electrons. The number of rotatable bonds is 7. The summed E-state index contributed by atoms with van der Waals surface area (Å²) < 4.78 is 5.46. The number of aliphatic imine (C=N–C) groups is 1. The third-order valence-electron chi connectivity index (χ3n) is 5.87. The van der Waals surface area contributed by atoms with Gasteiger partial charge in [0.2, 0.25) is 0 Å². The molecule has 2 fully saturated rings. The Hall–Kier alpha value is -1.39. The number of ether oxygens (including phenoxy) is 1. The second-order valence-corrected chi connectivity index (χ2v) is 8.66. The molecule has 1 aromatic rings. The summed E-state index contributed by atoms with van der Waals surface area (Å²) in [5.41, 5.74) is 1.85. The van der Waals surface area contributed by atoms with Crippen LogP contribution in [-0.2, 0) is 16.1 Å². The standard InChI is InChI=1S/C23H37N5O2.HI/c1-5-24-23(27-20-15-28(16(2)3)14-17(20)4)25-13-18-8-6-9-19(12-18)26-22(29)21-10-7-11-30-21;/h6,8-9,12,16-17,20-21H,5,7,10-11,13-15H2,1-4H3,(H,26,29)(H2,24,25,27);1H. The number of likely N-dealkylation sites (tertiary alicyclic amines) is 1. The SMILES string of the molecule is CCNC(=NCc1cccc(NC(=O)C2CCCO2)c1)NC1CN(C(C)C)CC1C.I. The van der Waals surface area contributed by atoms with Crippen molar-refractivity contribution in [2.24, 2.45) is 10.9 Å². The Morgan fingerprint density at radius 2 is 2.13 bits per heavy atom. The van der Waals surface area contributed by atoms with Gasteiger partial charge in [-0.1, -0.05) is 19.1 Å². The van der Waals surface area contributed by atoms with Crippen LogP contribution in [0.15, 0.2) is 29.3 Å². The van der Waals surface area contributed by atoms with Crippen LogP contribution in [0.5, 0.6) is 0 Å². The number of amides is 1. The lowest BCUT2D eigenvalue weighted by molar-refractivity contribution is -0.124. The maximum Gasteiger partial charge on any atom is 0.253 e. The number of anilines is 1. The van der Waals surface area contributed by atoms with Crippen molar-refractivity contribution in [2.45, 2.75) is 65.3 Å². The van der Waals surface area contributed by atoms with E-state index in [1.807, 2.05) is 24.3 Å². The largest absolute Gasteiger partial charge is 0.368 e. The predicted molar refractivity (Wildman–Crippen MR) is 137 cm³/mol. The molecule has 0 radical (unpaired) electrons. The average molecular weight is 543 g/mol. The number of benzene rings is 1. The Kier molecular flexibility index (Phi) is 10.5. The average Bonchev–Trinajstić information content (AvgIpc) is 3.37. The highest BCUT2D eigenvalue weighted by Crippen LogP contribution is 2.19. The van der Waals surface area contributed by atoms with Crippen LogP contribution in [0.1, 0.15) is 46.1 Å². The molecular weight excluding hydrogens is 505 g/mol. The molecule has 0 bridgehead atoms. The highest BCUT2D eigenvalue weighted by atomic mass is 127. The van der Waals surface area contributed by atoms with Gasteiger partial charge < -0.3 is 20.7 Å². The summed E-state index contributed by atoms with van der Waals surface area (Å²) in [7, 11) is 0. The number of carbonyl (C=O) groups is 1. The van der Waals surface area contributed by atoms with Crippen LogP contribution in [0.25, 0.3) is 0 Å². The molecule has 1 amide bonds. The quantitative estimate of drug-likeness (QED) is 0.280. The molecular formula is C23H38IN5O2. The molecule has 1 aromatic carbocycles. The van der Waals surface area contributed by atoms with Gasteiger partial charge in [-0.2, -0.15) is 0 Å². The number of guanidine groups is 1. The summed E-state index contributed by atoms with van der Waals surface area (Å²) in [5.74, 6) is 1.36. The predicted octanol–water partition coefficient (Wildman–Crippen LogP) is 3.21. The van der Waals surface area contributed by atoms with E-state index in [1.165, 1.54) is 0 Å². The smallest absolute Gasteiger partial charge is 0.253 e. The van der Waals surface area contributed by atoms with Gasteiger partial charge >= 0.3 is 0 Å². The second kappa shape index (κ2) is 12.6. The normalized spacial score (nSPS) is 24.2. The topological polar surface area (TPSA) is 78.0 Å². The van der Waals surface area contributed by atoms with E-state index in [0.717, 1.165) is 49.7 Å². The summed E-state index contributed by atoms with van der Waals surface area (Å²) in [6.07, 6.45) is 1.41. The lowest BCUT2D eigenvalue weighted by Gasteiger charge is -2.22. The minimum Gasteiger partial charge on any atom is -0.368 e. The molecule has 3 rings (SSSR count). The Bertz CT molecular complexity index is 736. The van der Waals surface area contributed by atoms with Crippen molar-refractivity contribution < 1.29 is 9.53 Å². The van der Waals surface area contributed by atoms with Crippen molar-refractivity contribution >= 4 is 41.5 Å². The highest BCUT2D eigenvalue weighted by Gasteiger charge is 2.31. The number of nitrogens with zero attached hydrogens (tertiary/aromatic N) is 2. The van der Waals surface area contributed by atoms with Gasteiger partial charge in [0.25, 0.3) is 5.91 Å². The maximum absolute atomic E-state index is 12.3. The van der Waals surface area contributed by atoms with E-state index in [0.29, 0.717) is 31.2 Å². The molecule has 31 heavy (non-hydrogen) atoms. The van der Waals surface area contributed by atoms with Crippen molar-refractivity contribution in [1.29, 1.82) is 0 Å². The van der Waals surface area contributed by atoms with Gasteiger partial charge in [-0.25, -0.2) is 4.99 Å². The molecule has 3 N–H and O–H groups in total. The van der Waals surface area contributed by atoms with Crippen LogP contribution in [0.4, 0.5) is 5.69 Å². The van der Waals surface area contributed by atoms with E-state index in [-0.39, 0.29) is 36.0 Å². The summed E-state index contributed by atoms with van der Waals surface area (Å²) >= 11 is 0. The monoisotopic (exact) mass is 543 g/mol. The third-order valence-corrected chi connectivity index (χ3v) is 5.87. The number of halogens is 1. The molecule has 0 aromatic heterocycles. The van der Waals surface area contributed by atoms with Gasteiger partial charge in [-0.05, 0) is 57.2 Å². The summed E-state index contributed by atoms with van der Waals surface area (Å²) in [5, 5.41) is 9.95. The Morgan fingerprint density at radius 1 is 1.32 bits per heavy atom. The minimum absolute atomic E-state index is 0. The molecule has 7 nitrogen and oxygen atoms in total. The van der Waals surface area contributed by atoms with Crippen molar-refractivity contribution in [2.75, 3.05) is 31.6 Å². The second-order valence-electron chi connectivity index (χ2n) is 8.66. The molecule has 3 atom stereocenters.